The first-order chi connectivity index (χ1) is 45.0. The molecule has 6 aliphatic heterocycles. The molecule has 6 rings (SSSR count). The number of carbonyl (C=O) groups is 4. The average molecular weight is 1360 g/mol. The summed E-state index contributed by atoms with van der Waals surface area (Å²) in [5, 5.41) is 112. The van der Waals surface area contributed by atoms with E-state index >= 15 is 0 Å². The molecule has 0 aromatic carbocycles. The highest BCUT2D eigenvalue weighted by Gasteiger charge is 2.59. The van der Waals surface area contributed by atoms with E-state index in [9.17, 15) is 70.2 Å². The molecule has 28 nitrogen and oxygen atoms in total. The summed E-state index contributed by atoms with van der Waals surface area (Å²) in [7, 11) is 0. The number of hydrogen-bond donors (Lipinski definition) is 10. The molecule has 546 valence electrons. The smallest absolute Gasteiger partial charge is 0.311 e. The molecule has 0 spiro atoms. The number of fused-ring (bicyclic) bond motifs is 2. The molecule has 0 amide bonds. The van der Waals surface area contributed by atoms with Crippen molar-refractivity contribution in [3.05, 3.63) is 0 Å². The highest BCUT2D eigenvalue weighted by atomic mass is 16.8. The lowest BCUT2D eigenvalue weighted by molar-refractivity contribution is -0.396. The second-order valence-electron chi connectivity index (χ2n) is 26.4. The SMILES string of the molecule is CCCCCCCCCCCC(=O)OC1C(OC2C(C)OC3OC4C(OC(CCCCC)CCCCCCCCCC(=O)OC3C2O)OC(CO)C(O)C4O)OC(C)C(OC2OC(C)C(OC(=O)CC)C(OC(=O)C(C)C(C)O)C2OC2OC(CO)C(O)C(O)C2O)C1O. The van der Waals surface area contributed by atoms with Gasteiger partial charge in [0.25, 0.3) is 0 Å². The van der Waals surface area contributed by atoms with Gasteiger partial charge in [0, 0.05) is 19.3 Å². The summed E-state index contributed by atoms with van der Waals surface area (Å²) in [6, 6.07) is 0. The zero-order valence-corrected chi connectivity index (χ0v) is 56.4. The molecular weight excluding hydrogens is 1240 g/mol. The van der Waals surface area contributed by atoms with Crippen LogP contribution in [0.3, 0.4) is 0 Å². The topological polar surface area (TPSA) is 400 Å². The second-order valence-corrected chi connectivity index (χ2v) is 26.4. The number of unbranched alkanes of at least 4 members (excludes halogenated alkanes) is 10. The van der Waals surface area contributed by atoms with Gasteiger partial charge in [0.2, 0.25) is 0 Å². The Morgan fingerprint density at radius 1 is 0.479 bits per heavy atom. The average Bonchev–Trinajstić information content (AvgIpc) is 0.804. The fourth-order valence-corrected chi connectivity index (χ4v) is 12.8. The van der Waals surface area contributed by atoms with E-state index in [1.54, 1.807) is 0 Å². The van der Waals surface area contributed by atoms with Crippen molar-refractivity contribution < 1.29 is 137 Å². The Bertz CT molecular complexity index is 2200. The molecule has 6 heterocycles. The Kier molecular flexibility index (Phi) is 34.4. The van der Waals surface area contributed by atoms with Crippen molar-refractivity contribution in [1.82, 2.24) is 0 Å². The fraction of sp³-hybridized carbons (Fsp3) is 0.939. The quantitative estimate of drug-likeness (QED) is 0.0305. The van der Waals surface area contributed by atoms with Crippen LogP contribution in [0.5, 0.6) is 0 Å². The molecule has 0 saturated carbocycles. The molecule has 94 heavy (non-hydrogen) atoms. The number of rotatable bonds is 28. The van der Waals surface area contributed by atoms with Gasteiger partial charge >= 0.3 is 23.9 Å². The highest BCUT2D eigenvalue weighted by Crippen LogP contribution is 2.40. The standard InChI is InChI=1S/C66H114O28/c1-9-12-14-15-16-17-20-23-27-31-44(71)88-57-52(79)54(92-66-60(94-62-50(77)48(75)46(73)41(33-67)85-62)59(90-61(80)35(4)36(5)69)55(39(8)83-66)87-43(70)11-3)38(7)81-63(57)91-53-37(6)82-64-58(51(53)78)89-45(72)32-28-24-21-18-19-22-26-30-40(29-25-13-10-2)84-65-56(93-64)49(76)47(74)42(34-68)86-65/h35-42,46-60,62-69,73-79H,9-34H2,1-8H3. The largest absolute Gasteiger partial charge is 0.456 e. The van der Waals surface area contributed by atoms with Gasteiger partial charge in [0.05, 0.1) is 49.7 Å². The molecule has 0 aromatic heterocycles. The van der Waals surface area contributed by atoms with Crippen molar-refractivity contribution >= 4 is 23.9 Å². The number of esters is 4. The lowest BCUT2D eigenvalue weighted by Gasteiger charge is -2.50. The summed E-state index contributed by atoms with van der Waals surface area (Å²) >= 11 is 0. The third-order valence-corrected chi connectivity index (χ3v) is 18.9. The van der Waals surface area contributed by atoms with Gasteiger partial charge in [-0.25, -0.2) is 0 Å². The van der Waals surface area contributed by atoms with Crippen LogP contribution in [0, 0.1) is 5.92 Å². The molecule has 10 N–H and O–H groups in total. The predicted octanol–water partition coefficient (Wildman–Crippen LogP) is 3.21. The van der Waals surface area contributed by atoms with Gasteiger partial charge in [0.15, 0.2) is 62.0 Å². The molecule has 28 atom stereocenters. The van der Waals surface area contributed by atoms with Gasteiger partial charge in [-0.15, -0.1) is 0 Å². The maximum absolute atomic E-state index is 14.1. The van der Waals surface area contributed by atoms with Crippen LogP contribution in [0.25, 0.3) is 0 Å². The minimum absolute atomic E-state index is 0.0608. The Morgan fingerprint density at radius 3 is 1.63 bits per heavy atom. The molecule has 0 bridgehead atoms. The van der Waals surface area contributed by atoms with Crippen molar-refractivity contribution in [2.75, 3.05) is 13.2 Å². The van der Waals surface area contributed by atoms with Crippen LogP contribution >= 0.6 is 0 Å². The summed E-state index contributed by atoms with van der Waals surface area (Å²) in [6.45, 7) is 11.3. The molecule has 6 aliphatic rings. The van der Waals surface area contributed by atoms with Crippen molar-refractivity contribution in [1.29, 1.82) is 0 Å². The first-order valence-electron chi connectivity index (χ1n) is 35.0. The second kappa shape index (κ2) is 40.4. The summed E-state index contributed by atoms with van der Waals surface area (Å²) in [4.78, 5) is 54.9. The molecule has 0 aliphatic carbocycles. The van der Waals surface area contributed by atoms with E-state index in [1.807, 2.05) is 0 Å². The molecule has 28 unspecified atom stereocenters. The van der Waals surface area contributed by atoms with Crippen LogP contribution in [0.15, 0.2) is 0 Å². The molecule has 0 aromatic rings. The maximum atomic E-state index is 14.1. The fourth-order valence-electron chi connectivity index (χ4n) is 12.8. The van der Waals surface area contributed by atoms with E-state index in [-0.39, 0.29) is 25.4 Å². The summed E-state index contributed by atoms with van der Waals surface area (Å²) in [6.07, 6.45) is -25.6. The third kappa shape index (κ3) is 22.5. The van der Waals surface area contributed by atoms with Crippen molar-refractivity contribution in [3.63, 3.8) is 0 Å². The highest BCUT2D eigenvalue weighted by molar-refractivity contribution is 5.73. The molecular formula is C66H114O28. The predicted molar refractivity (Wildman–Crippen MR) is 329 cm³/mol. The third-order valence-electron chi connectivity index (χ3n) is 18.9. The molecule has 28 heteroatoms. The van der Waals surface area contributed by atoms with E-state index in [0.717, 1.165) is 103 Å². The normalized spacial score (nSPS) is 39.7. The first-order valence-corrected chi connectivity index (χ1v) is 35.0. The maximum Gasteiger partial charge on any atom is 0.311 e. The van der Waals surface area contributed by atoms with Crippen molar-refractivity contribution in [3.8, 4) is 0 Å². The van der Waals surface area contributed by atoms with E-state index in [4.69, 9.17) is 66.3 Å². The molecule has 0 radical (unpaired) electrons. The van der Waals surface area contributed by atoms with E-state index in [2.05, 4.69) is 13.8 Å². The molecule has 6 saturated heterocycles. The summed E-state index contributed by atoms with van der Waals surface area (Å²) in [5.41, 5.74) is 0. The van der Waals surface area contributed by atoms with E-state index < -0.39 is 203 Å². The zero-order chi connectivity index (χ0) is 68.8. The first kappa shape index (κ1) is 80.1. The van der Waals surface area contributed by atoms with E-state index in [0.29, 0.717) is 32.1 Å². The van der Waals surface area contributed by atoms with Crippen molar-refractivity contribution in [2.24, 2.45) is 5.92 Å². The van der Waals surface area contributed by atoms with Gasteiger partial charge in [-0.3, -0.25) is 19.2 Å². The van der Waals surface area contributed by atoms with Crippen LogP contribution < -0.4 is 0 Å². The van der Waals surface area contributed by atoms with Crippen LogP contribution in [0.1, 0.15) is 209 Å². The Balaban J connectivity index is 1.34. The lowest BCUT2D eigenvalue weighted by atomic mass is 9.95. The van der Waals surface area contributed by atoms with Crippen LogP contribution in [-0.4, -0.2) is 254 Å². The van der Waals surface area contributed by atoms with Crippen LogP contribution in [-0.2, 0) is 85.5 Å². The zero-order valence-electron chi connectivity index (χ0n) is 56.4. The Labute approximate surface area is 553 Å². The minimum Gasteiger partial charge on any atom is -0.456 e. The summed E-state index contributed by atoms with van der Waals surface area (Å²) in [5.74, 6) is -4.51. The molecule has 6 fully saturated rings. The number of aliphatic hydroxyl groups excluding tert-OH is 10. The minimum atomic E-state index is -2.05. The van der Waals surface area contributed by atoms with Crippen molar-refractivity contribution in [2.45, 2.75) is 375 Å². The van der Waals surface area contributed by atoms with Gasteiger partial charge in [0.1, 0.15) is 73.2 Å². The van der Waals surface area contributed by atoms with Crippen LogP contribution in [0.2, 0.25) is 0 Å². The van der Waals surface area contributed by atoms with E-state index in [1.165, 1.54) is 41.5 Å². The van der Waals surface area contributed by atoms with Gasteiger partial charge in [-0.2, -0.15) is 0 Å². The summed E-state index contributed by atoms with van der Waals surface area (Å²) < 4.78 is 87.7. The monoisotopic (exact) mass is 1350 g/mol. The Morgan fingerprint density at radius 2 is 1.00 bits per heavy atom. The number of aliphatic hydroxyl groups is 10. The van der Waals surface area contributed by atoms with Gasteiger partial charge in [-0.1, -0.05) is 130 Å². The Hall–Kier alpha value is -2.92. The number of hydrogen-bond acceptors (Lipinski definition) is 28. The van der Waals surface area contributed by atoms with Crippen LogP contribution in [0.4, 0.5) is 0 Å². The lowest BCUT2D eigenvalue weighted by Crippen LogP contribution is -2.68. The van der Waals surface area contributed by atoms with Gasteiger partial charge < -0.3 is 117 Å². The van der Waals surface area contributed by atoms with Gasteiger partial charge in [-0.05, 0) is 60.3 Å². The number of carbonyl (C=O) groups excluding carboxylic acids is 4. The number of ether oxygens (including phenoxy) is 14.